The average molecular weight is 276 g/mol. The predicted octanol–water partition coefficient (Wildman–Crippen LogP) is 5.44. The van der Waals surface area contributed by atoms with Crippen molar-refractivity contribution in [2.75, 3.05) is 0 Å². The number of carbonyl (C=O) groups is 1. The van der Waals surface area contributed by atoms with Crippen LogP contribution >= 0.6 is 11.3 Å². The first-order chi connectivity index (χ1) is 9.36. The van der Waals surface area contributed by atoms with Crippen molar-refractivity contribution < 1.29 is 4.79 Å². The second-order valence-electron chi connectivity index (χ2n) is 4.85. The third kappa shape index (κ3) is 7.85. The minimum atomic E-state index is 0.761. The first kappa shape index (κ1) is 16.0. The maximum absolute atomic E-state index is 10.5. The fourth-order valence-corrected chi connectivity index (χ4v) is 2.68. The Balaban J connectivity index is 2.00. The highest BCUT2D eigenvalue weighted by molar-refractivity contribution is 7.14. The number of rotatable bonds is 9. The molecule has 0 aromatic carbocycles. The molecular weight excluding hydrogens is 252 g/mol. The lowest BCUT2D eigenvalue weighted by Crippen LogP contribution is -1.80. The topological polar surface area (TPSA) is 17.1 Å². The minimum absolute atomic E-state index is 0.761. The van der Waals surface area contributed by atoms with E-state index in [0.717, 1.165) is 22.5 Å². The molecule has 0 saturated carbocycles. The van der Waals surface area contributed by atoms with Gasteiger partial charge in [0, 0.05) is 6.42 Å². The van der Waals surface area contributed by atoms with Crippen molar-refractivity contribution >= 4 is 17.6 Å². The van der Waals surface area contributed by atoms with Crippen molar-refractivity contribution in [2.45, 2.75) is 64.7 Å². The molecule has 1 heterocycles. The molecule has 0 aliphatic rings. The van der Waals surface area contributed by atoms with Gasteiger partial charge in [-0.25, -0.2) is 0 Å². The Bertz CT molecular complexity index is 408. The average Bonchev–Trinajstić information content (AvgIpc) is 2.89. The van der Waals surface area contributed by atoms with Crippen molar-refractivity contribution in [1.82, 2.24) is 0 Å². The fraction of sp³-hybridized carbons (Fsp3) is 0.588. The zero-order chi connectivity index (χ0) is 13.8. The third-order valence-corrected chi connectivity index (χ3v) is 4.04. The Hall–Kier alpha value is -1.07. The summed E-state index contributed by atoms with van der Waals surface area (Å²) in [6.45, 7) is 2.25. The number of unbranched alkanes of at least 4 members (excludes halogenated alkanes) is 8. The van der Waals surface area contributed by atoms with E-state index in [9.17, 15) is 4.79 Å². The minimum Gasteiger partial charge on any atom is -0.297 e. The van der Waals surface area contributed by atoms with Crippen LogP contribution in [0.5, 0.6) is 0 Å². The highest BCUT2D eigenvalue weighted by Gasteiger charge is 1.94. The van der Waals surface area contributed by atoms with E-state index in [2.05, 4.69) is 18.8 Å². The Kier molecular flexibility index (Phi) is 9.10. The summed E-state index contributed by atoms with van der Waals surface area (Å²) in [5.41, 5.74) is 0. The van der Waals surface area contributed by atoms with E-state index in [-0.39, 0.29) is 0 Å². The molecular formula is C17H24OS. The smallest absolute Gasteiger partial charge is 0.160 e. The van der Waals surface area contributed by atoms with E-state index in [1.807, 2.05) is 12.1 Å². The maximum Gasteiger partial charge on any atom is 0.160 e. The molecule has 0 radical (unpaired) electrons. The fourth-order valence-electron chi connectivity index (χ4n) is 1.98. The number of hydrogen-bond donors (Lipinski definition) is 0. The molecule has 0 bridgehead atoms. The van der Waals surface area contributed by atoms with Crippen molar-refractivity contribution in [3.8, 4) is 11.8 Å². The van der Waals surface area contributed by atoms with Crippen LogP contribution in [0.25, 0.3) is 0 Å². The lowest BCUT2D eigenvalue weighted by Gasteiger charge is -1.99. The van der Waals surface area contributed by atoms with Gasteiger partial charge in [-0.3, -0.25) is 4.79 Å². The summed E-state index contributed by atoms with van der Waals surface area (Å²) in [5.74, 6) is 6.32. The monoisotopic (exact) mass is 276 g/mol. The van der Waals surface area contributed by atoms with Gasteiger partial charge in [0.2, 0.25) is 0 Å². The number of carbonyl (C=O) groups excluding carboxylic acids is 1. The van der Waals surface area contributed by atoms with Crippen LogP contribution < -0.4 is 0 Å². The molecule has 1 aromatic rings. The SMILES string of the molecule is CCCCCCCCCCC#Cc1ccc(C=O)s1. The van der Waals surface area contributed by atoms with Crippen molar-refractivity contribution in [2.24, 2.45) is 0 Å². The summed E-state index contributed by atoms with van der Waals surface area (Å²) in [6.07, 6.45) is 12.6. The van der Waals surface area contributed by atoms with Gasteiger partial charge in [-0.15, -0.1) is 11.3 Å². The summed E-state index contributed by atoms with van der Waals surface area (Å²) >= 11 is 1.47. The first-order valence-electron chi connectivity index (χ1n) is 7.40. The maximum atomic E-state index is 10.5. The van der Waals surface area contributed by atoms with Gasteiger partial charge in [0.05, 0.1) is 9.75 Å². The Morgan fingerprint density at radius 3 is 2.37 bits per heavy atom. The number of aldehydes is 1. The molecule has 0 fully saturated rings. The van der Waals surface area contributed by atoms with E-state index >= 15 is 0 Å². The highest BCUT2D eigenvalue weighted by Crippen LogP contribution is 2.13. The van der Waals surface area contributed by atoms with Crippen LogP contribution in [0.2, 0.25) is 0 Å². The molecule has 0 saturated heterocycles. The molecule has 19 heavy (non-hydrogen) atoms. The zero-order valence-electron chi connectivity index (χ0n) is 11.9. The molecule has 2 heteroatoms. The molecule has 0 N–H and O–H groups in total. The molecule has 1 rings (SSSR count). The Labute approximate surface area is 121 Å². The molecule has 0 aliphatic carbocycles. The predicted molar refractivity (Wildman–Crippen MR) is 83.8 cm³/mol. The lowest BCUT2D eigenvalue weighted by molar-refractivity contribution is 0.112. The third-order valence-electron chi connectivity index (χ3n) is 3.11. The molecule has 104 valence electrons. The van der Waals surface area contributed by atoms with Crippen molar-refractivity contribution in [1.29, 1.82) is 0 Å². The largest absolute Gasteiger partial charge is 0.297 e. The highest BCUT2D eigenvalue weighted by atomic mass is 32.1. The second kappa shape index (κ2) is 10.8. The van der Waals surface area contributed by atoms with E-state index in [4.69, 9.17) is 0 Å². The zero-order valence-corrected chi connectivity index (χ0v) is 12.7. The van der Waals surface area contributed by atoms with Crippen LogP contribution in [0.3, 0.4) is 0 Å². The van der Waals surface area contributed by atoms with E-state index < -0.39 is 0 Å². The molecule has 1 nitrogen and oxygen atoms in total. The van der Waals surface area contributed by atoms with Crippen LogP contribution in [0, 0.1) is 11.8 Å². The lowest BCUT2D eigenvalue weighted by atomic mass is 10.1. The summed E-state index contributed by atoms with van der Waals surface area (Å²) in [5, 5.41) is 0. The van der Waals surface area contributed by atoms with Gasteiger partial charge in [0.1, 0.15) is 0 Å². The molecule has 0 atom stereocenters. The van der Waals surface area contributed by atoms with E-state index in [1.165, 1.54) is 62.7 Å². The van der Waals surface area contributed by atoms with Crippen LogP contribution in [0.4, 0.5) is 0 Å². The second-order valence-corrected chi connectivity index (χ2v) is 5.96. The number of thiophene rings is 1. The Morgan fingerprint density at radius 2 is 1.74 bits per heavy atom. The van der Waals surface area contributed by atoms with Gasteiger partial charge in [0.25, 0.3) is 0 Å². The quantitative estimate of drug-likeness (QED) is 0.333. The summed E-state index contributed by atoms with van der Waals surface area (Å²) in [6, 6.07) is 3.76. The standard InChI is InChI=1S/C17H24OS/c1-2-3-4-5-6-7-8-9-10-11-12-16-13-14-17(15-18)19-16/h13-15H,2-10H2,1H3. The van der Waals surface area contributed by atoms with Gasteiger partial charge in [-0.05, 0) is 18.6 Å². The normalized spacial score (nSPS) is 9.95. The van der Waals surface area contributed by atoms with Crippen LogP contribution in [0.1, 0.15) is 79.3 Å². The van der Waals surface area contributed by atoms with Crippen molar-refractivity contribution in [3.05, 3.63) is 21.9 Å². The van der Waals surface area contributed by atoms with E-state index in [0.29, 0.717) is 0 Å². The summed E-state index contributed by atoms with van der Waals surface area (Å²) in [7, 11) is 0. The van der Waals surface area contributed by atoms with Crippen LogP contribution in [0.15, 0.2) is 12.1 Å². The molecule has 0 spiro atoms. The van der Waals surface area contributed by atoms with E-state index in [1.54, 1.807) is 0 Å². The molecule has 0 unspecified atom stereocenters. The molecule has 1 aromatic heterocycles. The van der Waals surface area contributed by atoms with Gasteiger partial charge in [0.15, 0.2) is 6.29 Å². The van der Waals surface area contributed by atoms with Gasteiger partial charge in [-0.2, -0.15) is 0 Å². The van der Waals surface area contributed by atoms with Gasteiger partial charge < -0.3 is 0 Å². The molecule has 0 amide bonds. The van der Waals surface area contributed by atoms with Crippen LogP contribution in [-0.2, 0) is 0 Å². The van der Waals surface area contributed by atoms with Gasteiger partial charge in [-0.1, -0.05) is 63.7 Å². The van der Waals surface area contributed by atoms with Gasteiger partial charge >= 0.3 is 0 Å². The summed E-state index contributed by atoms with van der Waals surface area (Å²) < 4.78 is 0. The first-order valence-corrected chi connectivity index (χ1v) is 8.22. The Morgan fingerprint density at radius 1 is 1.05 bits per heavy atom. The van der Waals surface area contributed by atoms with Crippen LogP contribution in [-0.4, -0.2) is 6.29 Å². The summed E-state index contributed by atoms with van der Waals surface area (Å²) in [4.78, 5) is 12.3. The molecule has 0 aliphatic heterocycles. The number of hydrogen-bond acceptors (Lipinski definition) is 2. The van der Waals surface area contributed by atoms with Crippen molar-refractivity contribution in [3.63, 3.8) is 0 Å².